The van der Waals surface area contributed by atoms with Crippen molar-refractivity contribution in [3.63, 3.8) is 0 Å². The first kappa shape index (κ1) is 22.5. The summed E-state index contributed by atoms with van der Waals surface area (Å²) in [6.07, 6.45) is -0.762. The molecule has 0 saturated heterocycles. The van der Waals surface area contributed by atoms with Crippen LogP contribution in [0, 0.1) is 28.6 Å². The van der Waals surface area contributed by atoms with Crippen molar-refractivity contribution in [2.75, 3.05) is 0 Å². The number of hydrogen-bond acceptors (Lipinski definition) is 7. The van der Waals surface area contributed by atoms with Gasteiger partial charge in [0.1, 0.15) is 11.7 Å². The summed E-state index contributed by atoms with van der Waals surface area (Å²) in [7, 11) is 0. The summed E-state index contributed by atoms with van der Waals surface area (Å²) in [5.41, 5.74) is -6.09. The van der Waals surface area contributed by atoms with E-state index in [2.05, 4.69) is 0 Å². The van der Waals surface area contributed by atoms with E-state index in [9.17, 15) is 30.3 Å². The van der Waals surface area contributed by atoms with Crippen molar-refractivity contribution < 1.29 is 35.1 Å². The minimum absolute atomic E-state index is 0.102. The molecule has 4 aliphatic rings. The van der Waals surface area contributed by atoms with Gasteiger partial charge in [0.2, 0.25) is 0 Å². The maximum atomic E-state index is 12.3. The first-order valence-electron chi connectivity index (χ1n) is 11.4. The molecule has 0 amide bonds. The minimum Gasteiger partial charge on any atom is -0.461 e. The van der Waals surface area contributed by atoms with Crippen LogP contribution >= 0.6 is 0 Å². The van der Waals surface area contributed by atoms with E-state index in [4.69, 9.17) is 4.74 Å². The van der Waals surface area contributed by atoms with Gasteiger partial charge in [-0.3, -0.25) is 4.79 Å². The summed E-state index contributed by atoms with van der Waals surface area (Å²) in [6.45, 7) is 8.61. The fourth-order valence-corrected chi connectivity index (χ4v) is 8.19. The van der Waals surface area contributed by atoms with Crippen molar-refractivity contribution in [2.45, 2.75) is 108 Å². The average molecular weight is 427 g/mol. The molecule has 0 radical (unpaired) electrons. The molecular weight excluding hydrogens is 388 g/mol. The molecule has 0 aromatic rings. The molecule has 0 aliphatic heterocycles. The molecule has 4 rings (SSSR count). The van der Waals surface area contributed by atoms with Gasteiger partial charge in [0, 0.05) is 29.1 Å². The monoisotopic (exact) mass is 426 g/mol. The summed E-state index contributed by atoms with van der Waals surface area (Å²) < 4.78 is 5.90. The first-order chi connectivity index (χ1) is 13.7. The Bertz CT molecular complexity index is 731. The molecule has 4 saturated carbocycles. The summed E-state index contributed by atoms with van der Waals surface area (Å²) in [5.74, 6) is -1.77. The highest BCUT2D eigenvalue weighted by atomic mass is 16.5. The van der Waals surface area contributed by atoms with Gasteiger partial charge >= 0.3 is 5.97 Å². The van der Waals surface area contributed by atoms with Gasteiger partial charge in [0.05, 0.1) is 23.4 Å². The van der Waals surface area contributed by atoms with Crippen molar-refractivity contribution in [1.82, 2.24) is 0 Å². The maximum Gasteiger partial charge on any atom is 0.305 e. The van der Waals surface area contributed by atoms with Crippen LogP contribution in [0.5, 0.6) is 0 Å². The second-order valence-corrected chi connectivity index (χ2v) is 11.6. The van der Waals surface area contributed by atoms with E-state index in [1.54, 1.807) is 34.6 Å². The molecular formula is C23H38O7. The molecule has 0 aromatic heterocycles. The van der Waals surface area contributed by atoms with Crippen LogP contribution in [0.2, 0.25) is 0 Å². The van der Waals surface area contributed by atoms with E-state index in [0.717, 1.165) is 0 Å². The number of ether oxygens (including phenoxy) is 1. The van der Waals surface area contributed by atoms with Gasteiger partial charge in [0.25, 0.3) is 0 Å². The fraction of sp³-hybridized carbons (Fsp3) is 0.957. The number of hydrogen-bond donors (Lipinski definition) is 5. The second-order valence-electron chi connectivity index (χ2n) is 11.6. The number of aliphatic hydroxyl groups excluding tert-OH is 2. The Morgan fingerprint density at radius 3 is 2.23 bits per heavy atom. The highest BCUT2D eigenvalue weighted by Gasteiger charge is 2.77. The predicted octanol–water partition coefficient (Wildman–Crippen LogP) is 1.13. The summed E-state index contributed by atoms with van der Waals surface area (Å²) in [4.78, 5) is 12.3. The van der Waals surface area contributed by atoms with Crippen LogP contribution in [0.4, 0.5) is 0 Å². The van der Waals surface area contributed by atoms with Crippen molar-refractivity contribution in [2.24, 2.45) is 28.6 Å². The van der Waals surface area contributed by atoms with Gasteiger partial charge in [-0.15, -0.1) is 0 Å². The van der Waals surface area contributed by atoms with E-state index in [-0.39, 0.29) is 43.5 Å². The van der Waals surface area contributed by atoms with Gasteiger partial charge in [-0.2, -0.15) is 0 Å². The summed E-state index contributed by atoms with van der Waals surface area (Å²) in [5, 5.41) is 57.2. The van der Waals surface area contributed by atoms with Crippen LogP contribution in [-0.2, 0) is 9.53 Å². The van der Waals surface area contributed by atoms with Crippen molar-refractivity contribution in [3.05, 3.63) is 0 Å². The normalized spacial score (nSPS) is 56.7. The Hall–Kier alpha value is -0.730. The molecule has 7 nitrogen and oxygen atoms in total. The molecule has 2 bridgehead atoms. The van der Waals surface area contributed by atoms with Crippen LogP contribution < -0.4 is 0 Å². The quantitative estimate of drug-likeness (QED) is 0.419. The zero-order valence-corrected chi connectivity index (χ0v) is 18.8. The molecule has 172 valence electrons. The van der Waals surface area contributed by atoms with Gasteiger partial charge < -0.3 is 30.3 Å². The van der Waals surface area contributed by atoms with Gasteiger partial charge in [-0.25, -0.2) is 0 Å². The SMILES string of the molecule is CCC(=O)O[C@@H]1[C@H]2CC[C@H]3[C@@](C)(O)[C@@H]4C[C@H](O)C(C)(C)[C@@]4(O)[C@H](O)C[C@@]13C[C@@]2(C)O. The zero-order valence-electron chi connectivity index (χ0n) is 18.8. The lowest BCUT2D eigenvalue weighted by Gasteiger charge is -2.52. The largest absolute Gasteiger partial charge is 0.461 e. The number of rotatable bonds is 2. The topological polar surface area (TPSA) is 127 Å². The molecule has 0 aromatic carbocycles. The standard InChI is InChI=1S/C23H38O7/c1-6-17(26)30-18-12-7-8-13-21(5,28)14-9-15(24)19(2,3)23(14,29)16(25)10-22(13,18)11-20(12,4)27/h12-16,18,24-25,27-29H,6-11H2,1-5H3/t12-,13+,14+,15+,16-,18-,20-,21-,22+,23+/m1/s1. The Labute approximate surface area is 178 Å². The third kappa shape index (κ3) is 2.53. The van der Waals surface area contributed by atoms with Gasteiger partial charge in [-0.05, 0) is 51.9 Å². The molecule has 5 N–H and O–H groups in total. The predicted molar refractivity (Wildman–Crippen MR) is 108 cm³/mol. The maximum absolute atomic E-state index is 12.3. The van der Waals surface area contributed by atoms with Crippen molar-refractivity contribution in [3.8, 4) is 0 Å². The third-order valence-corrected chi connectivity index (χ3v) is 9.77. The summed E-state index contributed by atoms with van der Waals surface area (Å²) in [6, 6.07) is 0. The number of carbonyl (C=O) groups is 1. The van der Waals surface area contributed by atoms with Crippen LogP contribution in [0.25, 0.3) is 0 Å². The number of carbonyl (C=O) groups excluding carboxylic acids is 1. The van der Waals surface area contributed by atoms with E-state index in [1.165, 1.54) is 0 Å². The number of fused-ring (bicyclic) bond motifs is 2. The molecule has 4 aliphatic carbocycles. The highest BCUT2D eigenvalue weighted by molar-refractivity contribution is 5.69. The lowest BCUT2D eigenvalue weighted by molar-refractivity contribution is -0.202. The molecule has 0 heterocycles. The zero-order chi connectivity index (χ0) is 22.5. The van der Waals surface area contributed by atoms with Gasteiger partial charge in [0.15, 0.2) is 0 Å². The number of esters is 1. The van der Waals surface area contributed by atoms with Gasteiger partial charge in [-0.1, -0.05) is 20.8 Å². The lowest BCUT2D eigenvalue weighted by Crippen LogP contribution is -2.60. The van der Waals surface area contributed by atoms with Crippen LogP contribution in [-0.4, -0.2) is 66.6 Å². The van der Waals surface area contributed by atoms with Crippen LogP contribution in [0.15, 0.2) is 0 Å². The van der Waals surface area contributed by atoms with Crippen molar-refractivity contribution >= 4 is 5.97 Å². The molecule has 7 heteroatoms. The van der Waals surface area contributed by atoms with E-state index >= 15 is 0 Å². The third-order valence-electron chi connectivity index (χ3n) is 9.77. The fourth-order valence-electron chi connectivity index (χ4n) is 8.19. The highest BCUT2D eigenvalue weighted by Crippen LogP contribution is 2.70. The van der Waals surface area contributed by atoms with Crippen molar-refractivity contribution in [1.29, 1.82) is 0 Å². The second kappa shape index (κ2) is 6.41. The Kier molecular flexibility index (Phi) is 4.80. The Morgan fingerprint density at radius 2 is 1.63 bits per heavy atom. The molecule has 1 spiro atoms. The lowest BCUT2D eigenvalue weighted by atomic mass is 9.57. The van der Waals surface area contributed by atoms with E-state index in [1.807, 2.05) is 0 Å². The minimum atomic E-state index is -1.70. The number of aliphatic hydroxyl groups is 5. The van der Waals surface area contributed by atoms with Crippen LogP contribution in [0.1, 0.15) is 73.1 Å². The Morgan fingerprint density at radius 1 is 1.00 bits per heavy atom. The van der Waals surface area contributed by atoms with E-state index in [0.29, 0.717) is 12.8 Å². The molecule has 0 unspecified atom stereocenters. The molecule has 4 fully saturated rings. The smallest absolute Gasteiger partial charge is 0.305 e. The average Bonchev–Trinajstić information content (AvgIpc) is 2.87. The first-order valence-corrected chi connectivity index (χ1v) is 11.4. The van der Waals surface area contributed by atoms with Crippen LogP contribution in [0.3, 0.4) is 0 Å². The van der Waals surface area contributed by atoms with E-state index < -0.39 is 51.9 Å². The Balaban J connectivity index is 1.88. The summed E-state index contributed by atoms with van der Waals surface area (Å²) >= 11 is 0. The molecule has 10 atom stereocenters. The molecule has 30 heavy (non-hydrogen) atoms.